The van der Waals surface area contributed by atoms with E-state index in [0.29, 0.717) is 11.8 Å². The van der Waals surface area contributed by atoms with Crippen molar-refractivity contribution in [3.8, 4) is 0 Å². The zero-order valence-electron chi connectivity index (χ0n) is 13.1. The van der Waals surface area contributed by atoms with Gasteiger partial charge < -0.3 is 9.64 Å². The molecule has 112 valence electrons. The van der Waals surface area contributed by atoms with Gasteiger partial charge in [0.1, 0.15) is 5.60 Å². The molecule has 3 nitrogen and oxygen atoms in total. The Morgan fingerprint density at radius 2 is 1.79 bits per heavy atom. The molecule has 1 fully saturated rings. The highest BCUT2D eigenvalue weighted by molar-refractivity contribution is 9.09. The Bertz CT molecular complexity index is 317. The number of carbonyl (C=O) groups excluding carboxylic acids is 1. The molecule has 0 N–H and O–H groups in total. The predicted molar refractivity (Wildman–Crippen MR) is 82.7 cm³/mol. The normalized spacial score (nSPS) is 25.3. The maximum Gasteiger partial charge on any atom is 0.410 e. The van der Waals surface area contributed by atoms with Crippen LogP contribution in [0.25, 0.3) is 0 Å². The van der Waals surface area contributed by atoms with E-state index in [1.807, 2.05) is 25.7 Å². The average Bonchev–Trinajstić information content (AvgIpc) is 2.25. The molecule has 0 aromatic rings. The lowest BCUT2D eigenvalue weighted by Crippen LogP contribution is -2.49. The first kappa shape index (κ1) is 16.8. The third-order valence-corrected chi connectivity index (χ3v) is 4.55. The molecule has 0 aromatic heterocycles. The topological polar surface area (TPSA) is 29.5 Å². The van der Waals surface area contributed by atoms with E-state index >= 15 is 0 Å². The van der Waals surface area contributed by atoms with Gasteiger partial charge in [0.2, 0.25) is 0 Å². The maximum atomic E-state index is 12.2. The van der Waals surface area contributed by atoms with E-state index in [1.165, 1.54) is 6.42 Å². The van der Waals surface area contributed by atoms with E-state index in [2.05, 4.69) is 36.7 Å². The molecule has 1 aliphatic rings. The van der Waals surface area contributed by atoms with Crippen molar-refractivity contribution in [1.29, 1.82) is 0 Å². The van der Waals surface area contributed by atoms with Gasteiger partial charge in [0, 0.05) is 18.4 Å². The molecule has 1 heterocycles. The summed E-state index contributed by atoms with van der Waals surface area (Å²) >= 11 is 3.56. The van der Waals surface area contributed by atoms with Gasteiger partial charge >= 0.3 is 6.09 Å². The lowest BCUT2D eigenvalue weighted by Gasteiger charge is -2.43. The molecule has 4 heteroatoms. The molecule has 0 radical (unpaired) electrons. The lowest BCUT2D eigenvalue weighted by atomic mass is 9.74. The van der Waals surface area contributed by atoms with Crippen molar-refractivity contribution in [2.45, 2.75) is 53.6 Å². The standard InChI is InChI=1S/C15H28BrNO2/c1-14(2,3)12-7-11(8-16)9-17(10-12)13(18)19-15(4,5)6/h11-12H,7-10H2,1-6H3/t11-,12-/m1/s1. The van der Waals surface area contributed by atoms with Gasteiger partial charge in [0.05, 0.1) is 0 Å². The van der Waals surface area contributed by atoms with Gasteiger partial charge in [0.15, 0.2) is 0 Å². The number of rotatable bonds is 1. The lowest BCUT2D eigenvalue weighted by molar-refractivity contribution is 0.00111. The minimum Gasteiger partial charge on any atom is -0.444 e. The molecule has 0 aromatic carbocycles. The van der Waals surface area contributed by atoms with Gasteiger partial charge in [-0.05, 0) is 44.4 Å². The molecule has 0 unspecified atom stereocenters. The first-order chi connectivity index (χ1) is 8.53. The second-order valence-corrected chi connectivity index (χ2v) is 8.35. The van der Waals surface area contributed by atoms with Crippen molar-refractivity contribution in [2.75, 3.05) is 18.4 Å². The number of piperidine rings is 1. The summed E-state index contributed by atoms with van der Waals surface area (Å²) in [5.74, 6) is 1.04. The van der Waals surface area contributed by atoms with Crippen LogP contribution >= 0.6 is 15.9 Å². The van der Waals surface area contributed by atoms with Gasteiger partial charge in [-0.3, -0.25) is 0 Å². The van der Waals surface area contributed by atoms with Gasteiger partial charge in [-0.1, -0.05) is 36.7 Å². The molecular formula is C15H28BrNO2. The quantitative estimate of drug-likeness (QED) is 0.669. The molecule has 2 atom stereocenters. The molecule has 1 aliphatic heterocycles. The van der Waals surface area contributed by atoms with E-state index in [4.69, 9.17) is 4.74 Å². The fourth-order valence-corrected chi connectivity index (χ4v) is 2.89. The van der Waals surface area contributed by atoms with E-state index in [0.717, 1.165) is 18.4 Å². The Kier molecular flexibility index (Phi) is 5.33. The van der Waals surface area contributed by atoms with Crippen LogP contribution in [0.4, 0.5) is 4.79 Å². The monoisotopic (exact) mass is 333 g/mol. The summed E-state index contributed by atoms with van der Waals surface area (Å²) in [5, 5.41) is 0.943. The minimum absolute atomic E-state index is 0.174. The van der Waals surface area contributed by atoms with Crippen LogP contribution in [0.15, 0.2) is 0 Å². The SMILES string of the molecule is CC(C)(C)OC(=O)N1C[C@@H](CBr)C[C@@H](C(C)(C)C)C1. The summed E-state index contributed by atoms with van der Waals surface area (Å²) < 4.78 is 5.50. The molecule has 0 bridgehead atoms. The molecule has 1 rings (SSSR count). The Morgan fingerprint density at radius 1 is 1.21 bits per heavy atom. The number of alkyl halides is 1. The van der Waals surface area contributed by atoms with Crippen molar-refractivity contribution >= 4 is 22.0 Å². The number of hydrogen-bond donors (Lipinski definition) is 0. The third-order valence-electron chi connectivity index (χ3n) is 3.63. The van der Waals surface area contributed by atoms with Crippen LogP contribution in [0, 0.1) is 17.3 Å². The number of carbonyl (C=O) groups is 1. The van der Waals surface area contributed by atoms with Gasteiger partial charge in [0.25, 0.3) is 0 Å². The molecule has 1 amide bonds. The van der Waals surface area contributed by atoms with Gasteiger partial charge in [-0.15, -0.1) is 0 Å². The van der Waals surface area contributed by atoms with E-state index in [1.54, 1.807) is 0 Å². The molecular weight excluding hydrogens is 306 g/mol. The second kappa shape index (κ2) is 6.02. The number of nitrogens with zero attached hydrogens (tertiary/aromatic N) is 1. The van der Waals surface area contributed by atoms with Crippen LogP contribution in [0.2, 0.25) is 0 Å². The summed E-state index contributed by atoms with van der Waals surface area (Å²) in [7, 11) is 0. The molecule has 0 aliphatic carbocycles. The van der Waals surface area contributed by atoms with Gasteiger partial charge in [-0.25, -0.2) is 4.79 Å². The van der Waals surface area contributed by atoms with Crippen molar-refractivity contribution in [3.63, 3.8) is 0 Å². The van der Waals surface area contributed by atoms with Crippen LogP contribution < -0.4 is 0 Å². The van der Waals surface area contributed by atoms with Crippen molar-refractivity contribution in [1.82, 2.24) is 4.90 Å². The summed E-state index contributed by atoms with van der Waals surface area (Å²) in [5.41, 5.74) is -0.198. The van der Waals surface area contributed by atoms with Crippen LogP contribution in [0.3, 0.4) is 0 Å². The average molecular weight is 334 g/mol. The summed E-state index contributed by atoms with van der Waals surface area (Å²) in [6.07, 6.45) is 1.00. The van der Waals surface area contributed by atoms with Crippen LogP contribution in [0.5, 0.6) is 0 Å². The van der Waals surface area contributed by atoms with Crippen LogP contribution in [0.1, 0.15) is 48.0 Å². The Morgan fingerprint density at radius 3 is 2.21 bits per heavy atom. The number of amides is 1. The number of hydrogen-bond acceptors (Lipinski definition) is 2. The highest BCUT2D eigenvalue weighted by Crippen LogP contribution is 2.36. The van der Waals surface area contributed by atoms with Crippen molar-refractivity contribution in [2.24, 2.45) is 17.3 Å². The highest BCUT2D eigenvalue weighted by atomic mass is 79.9. The zero-order valence-corrected chi connectivity index (χ0v) is 14.7. The first-order valence-electron chi connectivity index (χ1n) is 7.07. The number of likely N-dealkylation sites (tertiary alicyclic amines) is 1. The third kappa shape index (κ3) is 5.33. The smallest absolute Gasteiger partial charge is 0.410 e. The van der Waals surface area contributed by atoms with Crippen LogP contribution in [-0.4, -0.2) is 35.0 Å². The second-order valence-electron chi connectivity index (χ2n) is 7.70. The van der Waals surface area contributed by atoms with E-state index in [9.17, 15) is 4.79 Å². The largest absolute Gasteiger partial charge is 0.444 e. The Hall–Kier alpha value is -0.250. The fraction of sp³-hybridized carbons (Fsp3) is 0.933. The molecule has 1 saturated heterocycles. The Balaban J connectivity index is 2.75. The van der Waals surface area contributed by atoms with Crippen molar-refractivity contribution < 1.29 is 9.53 Å². The number of halogens is 1. The maximum absolute atomic E-state index is 12.2. The summed E-state index contributed by atoms with van der Waals surface area (Å²) in [4.78, 5) is 14.1. The van der Waals surface area contributed by atoms with E-state index < -0.39 is 5.60 Å². The highest BCUT2D eigenvalue weighted by Gasteiger charge is 2.36. The Labute approximate surface area is 126 Å². The molecule has 0 saturated carbocycles. The summed E-state index contributed by atoms with van der Waals surface area (Å²) in [6, 6.07) is 0. The zero-order chi connectivity index (χ0) is 14.8. The van der Waals surface area contributed by atoms with Crippen molar-refractivity contribution in [3.05, 3.63) is 0 Å². The molecule has 19 heavy (non-hydrogen) atoms. The first-order valence-corrected chi connectivity index (χ1v) is 8.19. The summed E-state index contributed by atoms with van der Waals surface area (Å²) in [6.45, 7) is 14.1. The minimum atomic E-state index is -0.421. The molecule has 0 spiro atoms. The van der Waals surface area contributed by atoms with Crippen LogP contribution in [-0.2, 0) is 4.74 Å². The van der Waals surface area contributed by atoms with E-state index in [-0.39, 0.29) is 11.5 Å². The van der Waals surface area contributed by atoms with Gasteiger partial charge in [-0.2, -0.15) is 0 Å². The fourth-order valence-electron chi connectivity index (χ4n) is 2.42. The predicted octanol–water partition coefficient (Wildman–Crippen LogP) is 4.30. The number of ether oxygens (including phenoxy) is 1.